The van der Waals surface area contributed by atoms with E-state index in [4.69, 9.17) is 0 Å². The molecule has 1 aromatic carbocycles. The Morgan fingerprint density at radius 3 is 2.47 bits per heavy atom. The van der Waals surface area contributed by atoms with Crippen LogP contribution >= 0.6 is 0 Å². The molecule has 104 valence electrons. The topological polar surface area (TPSA) is 12.0 Å². The molecule has 1 heteroatoms. The first-order valence-electron chi connectivity index (χ1n) is 7.84. The van der Waals surface area contributed by atoms with Gasteiger partial charge in [0.2, 0.25) is 0 Å². The van der Waals surface area contributed by atoms with Crippen molar-refractivity contribution in [3.63, 3.8) is 0 Å². The highest BCUT2D eigenvalue weighted by atomic mass is 14.8. The summed E-state index contributed by atoms with van der Waals surface area (Å²) in [4.78, 5) is 0. The second-order valence-corrected chi connectivity index (χ2v) is 7.02. The number of hydrogen-bond acceptors (Lipinski definition) is 1. The molecule has 2 aliphatic carbocycles. The first-order valence-corrected chi connectivity index (χ1v) is 7.84. The molecule has 2 saturated carbocycles. The van der Waals surface area contributed by atoms with Crippen LogP contribution in [0.3, 0.4) is 0 Å². The molecule has 0 amide bonds. The van der Waals surface area contributed by atoms with E-state index in [0.717, 1.165) is 11.8 Å². The van der Waals surface area contributed by atoms with Crippen LogP contribution < -0.4 is 5.32 Å². The van der Waals surface area contributed by atoms with E-state index in [9.17, 15) is 0 Å². The lowest BCUT2D eigenvalue weighted by atomic mass is 9.68. The second-order valence-electron chi connectivity index (χ2n) is 7.02. The van der Waals surface area contributed by atoms with Gasteiger partial charge in [0.15, 0.2) is 0 Å². The Morgan fingerprint density at radius 2 is 1.95 bits per heavy atom. The third-order valence-electron chi connectivity index (χ3n) is 5.80. The van der Waals surface area contributed by atoms with Crippen LogP contribution in [0.2, 0.25) is 0 Å². The molecule has 3 unspecified atom stereocenters. The zero-order valence-corrected chi connectivity index (χ0v) is 12.6. The summed E-state index contributed by atoms with van der Waals surface area (Å²) < 4.78 is 0. The van der Waals surface area contributed by atoms with Gasteiger partial charge in [-0.05, 0) is 80.5 Å². The second kappa shape index (κ2) is 4.94. The Labute approximate surface area is 117 Å². The predicted molar refractivity (Wildman–Crippen MR) is 81.4 cm³/mol. The highest BCUT2D eigenvalue weighted by molar-refractivity contribution is 5.35. The highest BCUT2D eigenvalue weighted by Crippen LogP contribution is 2.57. The van der Waals surface area contributed by atoms with Crippen molar-refractivity contribution < 1.29 is 0 Å². The minimum Gasteiger partial charge on any atom is -0.319 e. The summed E-state index contributed by atoms with van der Waals surface area (Å²) in [5.74, 6) is 1.98. The number of hydrogen-bond donors (Lipinski definition) is 1. The third-order valence-corrected chi connectivity index (χ3v) is 5.80. The smallest absolute Gasteiger partial charge is 0.00108 e. The van der Waals surface area contributed by atoms with Gasteiger partial charge in [0, 0.05) is 6.54 Å². The van der Waals surface area contributed by atoms with Crippen molar-refractivity contribution in [2.24, 2.45) is 17.3 Å². The lowest BCUT2D eigenvalue weighted by Crippen LogP contribution is -2.39. The first kappa shape index (κ1) is 13.2. The molecule has 0 aliphatic heterocycles. The molecule has 19 heavy (non-hydrogen) atoms. The Hall–Kier alpha value is -0.820. The molecule has 2 aliphatic rings. The number of aryl methyl sites for hydroxylation is 2. The van der Waals surface area contributed by atoms with E-state index in [-0.39, 0.29) is 0 Å². The largest absolute Gasteiger partial charge is 0.319 e. The van der Waals surface area contributed by atoms with Gasteiger partial charge < -0.3 is 5.32 Å². The molecule has 3 rings (SSSR count). The maximum Gasteiger partial charge on any atom is 0.00108 e. The monoisotopic (exact) mass is 257 g/mol. The average Bonchev–Trinajstić information content (AvgIpc) is 2.95. The van der Waals surface area contributed by atoms with E-state index < -0.39 is 0 Å². The molecular formula is C18H27N. The summed E-state index contributed by atoms with van der Waals surface area (Å²) in [6.07, 6.45) is 7.19. The van der Waals surface area contributed by atoms with Crippen LogP contribution in [0.4, 0.5) is 0 Å². The minimum absolute atomic E-state index is 0.536. The predicted octanol–water partition coefficient (Wildman–Crippen LogP) is 3.87. The summed E-state index contributed by atoms with van der Waals surface area (Å²) >= 11 is 0. The molecule has 2 bridgehead atoms. The van der Waals surface area contributed by atoms with Crippen LogP contribution in [0.5, 0.6) is 0 Å². The van der Waals surface area contributed by atoms with Gasteiger partial charge in [-0.1, -0.05) is 24.6 Å². The van der Waals surface area contributed by atoms with E-state index in [1.165, 1.54) is 49.8 Å². The van der Waals surface area contributed by atoms with Crippen molar-refractivity contribution in [3.05, 3.63) is 34.9 Å². The van der Waals surface area contributed by atoms with Crippen LogP contribution in [-0.2, 0) is 6.42 Å². The lowest BCUT2D eigenvalue weighted by molar-refractivity contribution is 0.159. The van der Waals surface area contributed by atoms with E-state index >= 15 is 0 Å². The summed E-state index contributed by atoms with van der Waals surface area (Å²) in [5, 5.41) is 3.49. The van der Waals surface area contributed by atoms with Gasteiger partial charge in [-0.25, -0.2) is 0 Å². The molecule has 1 nitrogen and oxygen atoms in total. The van der Waals surface area contributed by atoms with Gasteiger partial charge in [-0.2, -0.15) is 0 Å². The quantitative estimate of drug-likeness (QED) is 0.863. The molecule has 0 aromatic heterocycles. The van der Waals surface area contributed by atoms with Crippen molar-refractivity contribution in [2.75, 3.05) is 13.6 Å². The van der Waals surface area contributed by atoms with E-state index in [1.807, 2.05) is 0 Å². The Bertz CT molecular complexity index is 445. The molecule has 3 atom stereocenters. The van der Waals surface area contributed by atoms with Gasteiger partial charge in [0.05, 0.1) is 0 Å². The van der Waals surface area contributed by atoms with E-state index in [0.29, 0.717) is 5.41 Å². The highest BCUT2D eigenvalue weighted by Gasteiger charge is 2.50. The minimum atomic E-state index is 0.536. The number of benzene rings is 1. The van der Waals surface area contributed by atoms with Crippen LogP contribution in [0.15, 0.2) is 18.2 Å². The third kappa shape index (κ3) is 2.23. The maximum atomic E-state index is 3.49. The maximum absolute atomic E-state index is 3.49. The van der Waals surface area contributed by atoms with Crippen LogP contribution in [0.1, 0.15) is 42.4 Å². The fourth-order valence-electron chi connectivity index (χ4n) is 4.89. The summed E-state index contributed by atoms with van der Waals surface area (Å²) in [6.45, 7) is 5.76. The molecule has 0 saturated heterocycles. The van der Waals surface area contributed by atoms with Gasteiger partial charge in [-0.15, -0.1) is 0 Å². The molecule has 0 heterocycles. The standard InChI is InChI=1S/C18H27N/c1-13-5-4-6-14(2)17(13)11-18(12-19-3)10-15-7-8-16(18)9-15/h4-6,15-16,19H,7-12H2,1-3H3. The molecular weight excluding hydrogens is 230 g/mol. The van der Waals surface area contributed by atoms with Crippen LogP contribution in [0.25, 0.3) is 0 Å². The van der Waals surface area contributed by atoms with Crippen molar-refractivity contribution >= 4 is 0 Å². The SMILES string of the molecule is CNCC1(Cc2c(C)cccc2C)CC2CCC1C2. The fourth-order valence-corrected chi connectivity index (χ4v) is 4.89. The summed E-state index contributed by atoms with van der Waals surface area (Å²) in [5.41, 5.74) is 5.12. The number of rotatable bonds is 4. The zero-order chi connectivity index (χ0) is 13.5. The van der Waals surface area contributed by atoms with Crippen LogP contribution in [0, 0.1) is 31.1 Å². The molecule has 1 aromatic rings. The lowest BCUT2D eigenvalue weighted by Gasteiger charge is -2.39. The molecule has 0 spiro atoms. The van der Waals surface area contributed by atoms with E-state index in [1.54, 1.807) is 5.56 Å². The summed E-state index contributed by atoms with van der Waals surface area (Å²) in [6, 6.07) is 6.75. The van der Waals surface area contributed by atoms with Crippen molar-refractivity contribution in [1.82, 2.24) is 5.32 Å². The van der Waals surface area contributed by atoms with Gasteiger partial charge in [0.25, 0.3) is 0 Å². The van der Waals surface area contributed by atoms with Crippen molar-refractivity contribution in [3.8, 4) is 0 Å². The molecule has 1 N–H and O–H groups in total. The molecule has 2 fully saturated rings. The number of nitrogens with one attached hydrogen (secondary N) is 1. The van der Waals surface area contributed by atoms with Gasteiger partial charge in [-0.3, -0.25) is 0 Å². The Balaban J connectivity index is 1.90. The van der Waals surface area contributed by atoms with Crippen LogP contribution in [-0.4, -0.2) is 13.6 Å². The number of fused-ring (bicyclic) bond motifs is 2. The summed E-state index contributed by atoms with van der Waals surface area (Å²) in [7, 11) is 2.12. The van der Waals surface area contributed by atoms with Gasteiger partial charge in [0.1, 0.15) is 0 Å². The Morgan fingerprint density at radius 1 is 1.21 bits per heavy atom. The normalized spacial score (nSPS) is 33.0. The van der Waals surface area contributed by atoms with Crippen molar-refractivity contribution in [1.29, 1.82) is 0 Å². The first-order chi connectivity index (χ1) is 9.14. The zero-order valence-electron chi connectivity index (χ0n) is 12.6. The van der Waals surface area contributed by atoms with Gasteiger partial charge >= 0.3 is 0 Å². The molecule has 0 radical (unpaired) electrons. The van der Waals surface area contributed by atoms with E-state index in [2.05, 4.69) is 44.4 Å². The average molecular weight is 257 g/mol. The Kier molecular flexibility index (Phi) is 3.42. The fraction of sp³-hybridized carbons (Fsp3) is 0.667. The van der Waals surface area contributed by atoms with Crippen molar-refractivity contribution in [2.45, 2.75) is 46.0 Å².